The van der Waals surface area contributed by atoms with Crippen LogP contribution in [0.4, 0.5) is 0 Å². The number of nitrogens with one attached hydrogen (secondary N) is 1. The van der Waals surface area contributed by atoms with E-state index < -0.39 is 11.9 Å². The molecule has 7 nitrogen and oxygen atoms in total. The molecule has 1 unspecified atom stereocenters. The highest BCUT2D eigenvalue weighted by Crippen LogP contribution is 2.23. The first kappa shape index (κ1) is 13.7. The van der Waals surface area contributed by atoms with Crippen LogP contribution in [-0.4, -0.2) is 59.9 Å². The molecule has 1 fully saturated rings. The molecule has 0 aliphatic carbocycles. The molecule has 1 aromatic rings. The van der Waals surface area contributed by atoms with Gasteiger partial charge in [-0.3, -0.25) is 24.2 Å². The third kappa shape index (κ3) is 2.30. The van der Waals surface area contributed by atoms with E-state index in [0.717, 1.165) is 0 Å². The van der Waals surface area contributed by atoms with Gasteiger partial charge in [-0.2, -0.15) is 0 Å². The Hall–Kier alpha value is -2.25. The second-order valence-electron chi connectivity index (χ2n) is 5.16. The lowest BCUT2D eigenvalue weighted by Gasteiger charge is -2.35. The molecule has 0 radical (unpaired) electrons. The molecule has 110 valence electrons. The Kier molecular flexibility index (Phi) is 3.44. The van der Waals surface area contributed by atoms with Gasteiger partial charge in [0.05, 0.1) is 17.8 Å². The van der Waals surface area contributed by atoms with Crippen LogP contribution in [0.3, 0.4) is 0 Å². The van der Waals surface area contributed by atoms with Crippen LogP contribution in [0.25, 0.3) is 0 Å². The van der Waals surface area contributed by atoms with Gasteiger partial charge >= 0.3 is 0 Å². The first-order valence-electron chi connectivity index (χ1n) is 6.79. The summed E-state index contributed by atoms with van der Waals surface area (Å²) in [6.45, 7) is 1.76. The average molecular weight is 288 g/mol. The van der Waals surface area contributed by atoms with E-state index in [0.29, 0.717) is 30.8 Å². The molecule has 1 aromatic carbocycles. The normalized spacial score (nSPS) is 22.5. The third-order valence-electron chi connectivity index (χ3n) is 3.88. The number of nitrogens with two attached hydrogens (primary N) is 1. The number of carbonyl (C=O) groups excluding carboxylic acids is 3. The number of amides is 3. The summed E-state index contributed by atoms with van der Waals surface area (Å²) in [6, 6.07) is 6.22. The summed E-state index contributed by atoms with van der Waals surface area (Å²) in [5.41, 5.74) is 6.20. The molecular weight excluding hydrogens is 272 g/mol. The third-order valence-corrected chi connectivity index (χ3v) is 3.88. The molecule has 3 amide bonds. The fraction of sp³-hybridized carbons (Fsp3) is 0.357. The van der Waals surface area contributed by atoms with Crippen molar-refractivity contribution in [2.24, 2.45) is 5.73 Å². The van der Waals surface area contributed by atoms with E-state index in [1.165, 1.54) is 4.90 Å². The number of imide groups is 1. The molecule has 0 aromatic heterocycles. The minimum absolute atomic E-state index is 0.0850. The number of hydrogen-bond acceptors (Lipinski definition) is 5. The first-order chi connectivity index (χ1) is 10.1. The lowest BCUT2D eigenvalue weighted by molar-refractivity contribution is -0.124. The van der Waals surface area contributed by atoms with Gasteiger partial charge < -0.3 is 11.1 Å². The van der Waals surface area contributed by atoms with Gasteiger partial charge in [0, 0.05) is 19.6 Å². The van der Waals surface area contributed by atoms with Crippen LogP contribution in [-0.2, 0) is 4.79 Å². The van der Waals surface area contributed by atoms with Gasteiger partial charge in [-0.15, -0.1) is 0 Å². The lowest BCUT2D eigenvalue weighted by Crippen LogP contribution is -2.59. The Balaban J connectivity index is 1.81. The predicted octanol–water partition coefficient (Wildman–Crippen LogP) is -1.00. The SMILES string of the molecule is NC(=O)C1CNCCN1CN1C(=O)c2ccccc2C1=O. The van der Waals surface area contributed by atoms with Crippen molar-refractivity contribution in [2.75, 3.05) is 26.3 Å². The Labute approximate surface area is 121 Å². The molecule has 0 saturated carbocycles. The summed E-state index contributed by atoms with van der Waals surface area (Å²) in [6.07, 6.45) is 0. The monoisotopic (exact) mass is 288 g/mol. The van der Waals surface area contributed by atoms with Gasteiger partial charge in [-0.05, 0) is 12.1 Å². The van der Waals surface area contributed by atoms with E-state index in [-0.39, 0.29) is 18.5 Å². The van der Waals surface area contributed by atoms with Crippen molar-refractivity contribution >= 4 is 17.7 Å². The number of rotatable bonds is 3. The molecule has 3 rings (SSSR count). The van der Waals surface area contributed by atoms with Gasteiger partial charge in [0.2, 0.25) is 5.91 Å². The average Bonchev–Trinajstić information content (AvgIpc) is 2.73. The zero-order chi connectivity index (χ0) is 15.0. The van der Waals surface area contributed by atoms with Crippen molar-refractivity contribution in [1.82, 2.24) is 15.1 Å². The smallest absolute Gasteiger partial charge is 0.262 e. The molecule has 7 heteroatoms. The van der Waals surface area contributed by atoms with Crippen molar-refractivity contribution in [3.8, 4) is 0 Å². The second kappa shape index (κ2) is 5.27. The molecule has 0 bridgehead atoms. The molecule has 2 aliphatic rings. The first-order valence-corrected chi connectivity index (χ1v) is 6.79. The van der Waals surface area contributed by atoms with Gasteiger partial charge in [-0.25, -0.2) is 0 Å². The minimum Gasteiger partial charge on any atom is -0.368 e. The maximum Gasteiger partial charge on any atom is 0.262 e. The topological polar surface area (TPSA) is 95.7 Å². The lowest BCUT2D eigenvalue weighted by atomic mass is 10.1. The van der Waals surface area contributed by atoms with Crippen LogP contribution < -0.4 is 11.1 Å². The van der Waals surface area contributed by atoms with Crippen molar-refractivity contribution in [3.63, 3.8) is 0 Å². The van der Waals surface area contributed by atoms with Crippen LogP contribution >= 0.6 is 0 Å². The number of carbonyl (C=O) groups is 3. The fourth-order valence-electron chi connectivity index (χ4n) is 2.75. The van der Waals surface area contributed by atoms with Crippen molar-refractivity contribution in [1.29, 1.82) is 0 Å². The highest BCUT2D eigenvalue weighted by molar-refractivity contribution is 6.21. The summed E-state index contributed by atoms with van der Waals surface area (Å²) in [4.78, 5) is 39.0. The number of benzene rings is 1. The highest BCUT2D eigenvalue weighted by atomic mass is 16.2. The maximum absolute atomic E-state index is 12.3. The zero-order valence-corrected chi connectivity index (χ0v) is 11.4. The minimum atomic E-state index is -0.511. The molecule has 0 spiro atoms. The number of piperazine rings is 1. The summed E-state index contributed by atoms with van der Waals surface area (Å²) >= 11 is 0. The van der Waals surface area contributed by atoms with Gasteiger partial charge in [0.25, 0.3) is 11.8 Å². The summed E-state index contributed by atoms with van der Waals surface area (Å²) < 4.78 is 0. The van der Waals surface area contributed by atoms with Gasteiger partial charge in [0.15, 0.2) is 0 Å². The van der Waals surface area contributed by atoms with E-state index >= 15 is 0 Å². The Morgan fingerprint density at radius 1 is 1.24 bits per heavy atom. The standard InChI is InChI=1S/C14H16N4O3/c15-12(19)11-7-16-5-6-17(11)8-18-13(20)9-3-1-2-4-10(9)14(18)21/h1-4,11,16H,5-8H2,(H2,15,19). The summed E-state index contributed by atoms with van der Waals surface area (Å²) in [5, 5.41) is 3.08. The number of nitrogens with zero attached hydrogens (tertiary/aromatic N) is 2. The van der Waals surface area contributed by atoms with Crippen molar-refractivity contribution in [2.45, 2.75) is 6.04 Å². The van der Waals surface area contributed by atoms with Crippen molar-refractivity contribution in [3.05, 3.63) is 35.4 Å². The number of hydrogen-bond donors (Lipinski definition) is 2. The number of fused-ring (bicyclic) bond motifs is 1. The maximum atomic E-state index is 12.3. The van der Waals surface area contributed by atoms with E-state index in [9.17, 15) is 14.4 Å². The van der Waals surface area contributed by atoms with Crippen LogP contribution in [0.1, 0.15) is 20.7 Å². The Morgan fingerprint density at radius 3 is 2.43 bits per heavy atom. The quantitative estimate of drug-likeness (QED) is 0.696. The van der Waals surface area contributed by atoms with E-state index in [4.69, 9.17) is 5.73 Å². The van der Waals surface area contributed by atoms with Crippen LogP contribution in [0.15, 0.2) is 24.3 Å². The Morgan fingerprint density at radius 2 is 1.86 bits per heavy atom. The molecule has 1 atom stereocenters. The van der Waals surface area contributed by atoms with E-state index in [1.807, 2.05) is 0 Å². The van der Waals surface area contributed by atoms with E-state index in [2.05, 4.69) is 5.32 Å². The summed E-state index contributed by atoms with van der Waals surface area (Å²) in [5.74, 6) is -1.10. The summed E-state index contributed by atoms with van der Waals surface area (Å²) in [7, 11) is 0. The van der Waals surface area contributed by atoms with Gasteiger partial charge in [0.1, 0.15) is 6.04 Å². The molecular formula is C14H16N4O3. The van der Waals surface area contributed by atoms with Gasteiger partial charge in [-0.1, -0.05) is 12.1 Å². The second-order valence-corrected chi connectivity index (χ2v) is 5.16. The number of primary amides is 1. The molecule has 2 aliphatic heterocycles. The van der Waals surface area contributed by atoms with Crippen LogP contribution in [0.2, 0.25) is 0 Å². The van der Waals surface area contributed by atoms with Crippen LogP contribution in [0, 0.1) is 0 Å². The highest BCUT2D eigenvalue weighted by Gasteiger charge is 2.38. The van der Waals surface area contributed by atoms with E-state index in [1.54, 1.807) is 29.2 Å². The molecule has 2 heterocycles. The fourth-order valence-corrected chi connectivity index (χ4v) is 2.75. The molecule has 3 N–H and O–H groups in total. The zero-order valence-electron chi connectivity index (χ0n) is 11.4. The van der Waals surface area contributed by atoms with Crippen LogP contribution in [0.5, 0.6) is 0 Å². The predicted molar refractivity (Wildman–Crippen MR) is 74.4 cm³/mol. The molecule has 21 heavy (non-hydrogen) atoms. The molecule has 1 saturated heterocycles. The largest absolute Gasteiger partial charge is 0.368 e. The Bertz CT molecular complexity index is 581. The van der Waals surface area contributed by atoms with Crippen molar-refractivity contribution < 1.29 is 14.4 Å².